The average molecular weight is 782 g/mol. The Morgan fingerprint density at radius 3 is 1.91 bits per heavy atom. The molecule has 2 heterocycles. The summed E-state index contributed by atoms with van der Waals surface area (Å²) in [5.41, 5.74) is 10.1. The molecule has 1 aliphatic carbocycles. The van der Waals surface area contributed by atoms with Crippen LogP contribution >= 0.6 is 0 Å². The summed E-state index contributed by atoms with van der Waals surface area (Å²) in [6.07, 6.45) is 13.7. The molecule has 304 valence electrons. The maximum absolute atomic E-state index is 12.5. The van der Waals surface area contributed by atoms with E-state index in [1.807, 2.05) is 0 Å². The van der Waals surface area contributed by atoms with Crippen molar-refractivity contribution in [1.82, 2.24) is 10.6 Å². The Balaban J connectivity index is 1.01. The van der Waals surface area contributed by atoms with Crippen LogP contribution in [0.25, 0.3) is 0 Å². The van der Waals surface area contributed by atoms with Crippen molar-refractivity contribution in [3.8, 4) is 0 Å². The molecule has 0 fully saturated rings. The van der Waals surface area contributed by atoms with Gasteiger partial charge in [0, 0.05) is 73.6 Å². The summed E-state index contributed by atoms with van der Waals surface area (Å²) in [5, 5.41) is 12.3. The molecule has 8 nitrogen and oxygen atoms in total. The molecule has 3 aliphatic rings. The van der Waals surface area contributed by atoms with Crippen LogP contribution in [0.1, 0.15) is 121 Å². The number of hydrogen-bond acceptors (Lipinski definition) is 6. The number of carbonyl (C=O) groups is 1. The second kappa shape index (κ2) is 17.8. The summed E-state index contributed by atoms with van der Waals surface area (Å²) < 4.78 is 23.0. The molecule has 0 bridgehead atoms. The van der Waals surface area contributed by atoms with E-state index >= 15 is 0 Å². The maximum atomic E-state index is 12.5. The van der Waals surface area contributed by atoms with Crippen LogP contribution in [-0.4, -0.2) is 53.6 Å². The first-order valence-electron chi connectivity index (χ1n) is 21.2. The lowest BCUT2D eigenvalue weighted by molar-refractivity contribution is -0.121. The molecule has 4 N–H and O–H groups in total. The number of aryl methyl sites for hydroxylation is 1. The van der Waals surface area contributed by atoms with Crippen molar-refractivity contribution in [3.05, 3.63) is 101 Å². The van der Waals surface area contributed by atoms with Gasteiger partial charge in [0.1, 0.15) is 0 Å². The van der Waals surface area contributed by atoms with Crippen LogP contribution in [0.15, 0.2) is 89.0 Å². The highest BCUT2D eigenvalue weighted by Crippen LogP contribution is 2.48. The minimum absolute atomic E-state index is 0.0251. The van der Waals surface area contributed by atoms with Crippen molar-refractivity contribution in [3.63, 3.8) is 0 Å². The Morgan fingerprint density at radius 1 is 0.750 bits per heavy atom. The number of hydrogen-bond donors (Lipinski definition) is 3. The zero-order valence-electron chi connectivity index (χ0n) is 34.9. The number of amides is 1. The number of sulfonamides is 1. The van der Waals surface area contributed by atoms with Gasteiger partial charge in [-0.05, 0) is 111 Å². The molecule has 56 heavy (non-hydrogen) atoms. The molecule has 0 spiro atoms. The largest absolute Gasteiger partial charge is 0.388 e. The molecule has 2 aliphatic heterocycles. The van der Waals surface area contributed by atoms with Crippen molar-refractivity contribution < 1.29 is 13.2 Å². The Kier molecular flexibility index (Phi) is 13.3. The van der Waals surface area contributed by atoms with Crippen LogP contribution in [0.3, 0.4) is 0 Å². The predicted octanol–water partition coefficient (Wildman–Crippen LogP) is 8.74. The third-order valence-electron chi connectivity index (χ3n) is 13.5. The van der Waals surface area contributed by atoms with Gasteiger partial charge in [-0.15, -0.1) is 0 Å². The van der Waals surface area contributed by atoms with E-state index in [0.29, 0.717) is 37.4 Å². The standard InChI is InChI=1S/C47H67N5O3S/c1-46(2)38-18-9-11-20-40(38)51(5)42(46)29-25-35-16-15-17-36(26-30-43-47(3,4)39-19-10-12-21-41(39)52(43)6)45(35)50-33-14-8-7-13-32-49-44(53)31-24-34-22-27-37(28-23-34)56(48,54)55/h9-12,18-23,27-28,35,42-43,50H,7-8,13-17,24-26,29-33H2,1-6H3,(H,49,53)(H2,48,54,55). The van der Waals surface area contributed by atoms with Gasteiger partial charge in [0.05, 0.1) is 4.90 Å². The molecule has 3 unspecified atom stereocenters. The van der Waals surface area contributed by atoms with E-state index in [1.165, 1.54) is 66.7 Å². The third kappa shape index (κ3) is 9.31. The quantitative estimate of drug-likeness (QED) is 0.112. The highest BCUT2D eigenvalue weighted by atomic mass is 32.2. The number of nitrogens with zero attached hydrogens (tertiary/aromatic N) is 2. The molecule has 9 heteroatoms. The van der Waals surface area contributed by atoms with Crippen LogP contribution in [0.4, 0.5) is 11.4 Å². The van der Waals surface area contributed by atoms with Gasteiger partial charge in [-0.25, -0.2) is 13.6 Å². The Labute approximate surface area is 337 Å². The van der Waals surface area contributed by atoms with E-state index in [-0.39, 0.29) is 21.6 Å². The molecule has 0 saturated carbocycles. The second-order valence-corrected chi connectivity index (χ2v) is 19.4. The van der Waals surface area contributed by atoms with Gasteiger partial charge >= 0.3 is 0 Å². The van der Waals surface area contributed by atoms with Crippen molar-refractivity contribution in [1.29, 1.82) is 0 Å². The van der Waals surface area contributed by atoms with Crippen LogP contribution in [-0.2, 0) is 32.1 Å². The number of anilines is 2. The molecule has 1 amide bonds. The van der Waals surface area contributed by atoms with Crippen molar-refractivity contribution >= 4 is 27.3 Å². The minimum atomic E-state index is -3.71. The Morgan fingerprint density at radius 2 is 1.32 bits per heavy atom. The van der Waals surface area contributed by atoms with Crippen LogP contribution in [0.2, 0.25) is 0 Å². The van der Waals surface area contributed by atoms with Crippen LogP contribution < -0.4 is 25.6 Å². The van der Waals surface area contributed by atoms with Gasteiger partial charge in [-0.3, -0.25) is 4.79 Å². The van der Waals surface area contributed by atoms with Crippen molar-refractivity contribution in [2.45, 2.75) is 139 Å². The fourth-order valence-corrected chi connectivity index (χ4v) is 10.8. The van der Waals surface area contributed by atoms with E-state index in [0.717, 1.165) is 50.6 Å². The van der Waals surface area contributed by atoms with Gasteiger partial charge in [0.25, 0.3) is 0 Å². The summed E-state index contributed by atoms with van der Waals surface area (Å²) >= 11 is 0. The van der Waals surface area contributed by atoms with E-state index < -0.39 is 10.0 Å². The number of carbonyl (C=O) groups excluding carboxylic acids is 1. The first kappa shape index (κ1) is 41.8. The number of unbranched alkanes of at least 4 members (excludes halogenated alkanes) is 3. The van der Waals surface area contributed by atoms with E-state index in [4.69, 9.17) is 5.14 Å². The summed E-state index contributed by atoms with van der Waals surface area (Å²) in [4.78, 5) is 17.6. The van der Waals surface area contributed by atoms with E-state index in [1.54, 1.807) is 23.4 Å². The first-order valence-corrected chi connectivity index (χ1v) is 22.7. The Hall–Kier alpha value is -3.82. The minimum Gasteiger partial charge on any atom is -0.388 e. The molecule has 0 saturated heterocycles. The van der Waals surface area contributed by atoms with Gasteiger partial charge in [-0.2, -0.15) is 0 Å². The number of nitrogens with one attached hydrogen (secondary N) is 2. The number of primary sulfonamides is 1. The molecule has 3 aromatic carbocycles. The number of nitrogens with two attached hydrogens (primary N) is 1. The normalized spacial score (nSPS) is 21.2. The maximum Gasteiger partial charge on any atom is 0.238 e. The number of para-hydroxylation sites is 2. The molecule has 0 aromatic heterocycles. The zero-order valence-corrected chi connectivity index (χ0v) is 35.7. The lowest BCUT2D eigenvalue weighted by Crippen LogP contribution is -2.40. The number of allylic oxidation sites excluding steroid dienone is 2. The lowest BCUT2D eigenvalue weighted by Gasteiger charge is -2.36. The molecule has 0 radical (unpaired) electrons. The lowest BCUT2D eigenvalue weighted by atomic mass is 9.75. The number of likely N-dealkylation sites (N-methyl/N-ethyl adjacent to an activating group) is 2. The highest BCUT2D eigenvalue weighted by Gasteiger charge is 2.44. The fourth-order valence-electron chi connectivity index (χ4n) is 10.3. The van der Waals surface area contributed by atoms with Crippen LogP contribution in [0.5, 0.6) is 0 Å². The summed E-state index contributed by atoms with van der Waals surface area (Å²) in [7, 11) is 0.875. The molecular weight excluding hydrogens is 715 g/mol. The first-order chi connectivity index (χ1) is 26.7. The number of fused-ring (bicyclic) bond motifs is 2. The van der Waals surface area contributed by atoms with E-state index in [9.17, 15) is 13.2 Å². The average Bonchev–Trinajstić information content (AvgIpc) is 3.49. The van der Waals surface area contributed by atoms with Gasteiger partial charge in [0.15, 0.2) is 0 Å². The SMILES string of the molecule is CN1c2ccccc2C(C)(C)C1CCC1=C(NCCCCCCNC(=O)CCc2ccc(S(N)(=O)=O)cc2)C(CCC2N(C)c3ccccc3C2(C)C)CCC1. The van der Waals surface area contributed by atoms with Crippen LogP contribution in [0, 0.1) is 5.92 Å². The Bertz CT molecular complexity index is 1950. The number of benzene rings is 3. The molecule has 3 aromatic rings. The summed E-state index contributed by atoms with van der Waals surface area (Å²) in [6, 6.07) is 25.4. The monoisotopic (exact) mass is 781 g/mol. The molecule has 3 atom stereocenters. The second-order valence-electron chi connectivity index (χ2n) is 17.8. The smallest absolute Gasteiger partial charge is 0.238 e. The molecule has 6 rings (SSSR count). The topological polar surface area (TPSA) is 108 Å². The summed E-state index contributed by atoms with van der Waals surface area (Å²) in [5.74, 6) is 0.595. The van der Waals surface area contributed by atoms with E-state index in [2.05, 4.69) is 111 Å². The van der Waals surface area contributed by atoms with Gasteiger partial charge in [0.2, 0.25) is 15.9 Å². The highest BCUT2D eigenvalue weighted by molar-refractivity contribution is 7.89. The zero-order chi connectivity index (χ0) is 40.1. The fraction of sp³-hybridized carbons (Fsp3) is 0.553. The number of rotatable bonds is 18. The van der Waals surface area contributed by atoms with Gasteiger partial charge in [-0.1, -0.05) is 94.6 Å². The molecular formula is C47H67N5O3S. The third-order valence-corrected chi connectivity index (χ3v) is 14.4. The predicted molar refractivity (Wildman–Crippen MR) is 232 cm³/mol. The van der Waals surface area contributed by atoms with Gasteiger partial charge < -0.3 is 20.4 Å². The van der Waals surface area contributed by atoms with Crippen molar-refractivity contribution in [2.75, 3.05) is 37.0 Å². The van der Waals surface area contributed by atoms with Crippen molar-refractivity contribution in [2.24, 2.45) is 11.1 Å². The summed E-state index contributed by atoms with van der Waals surface area (Å²) in [6.45, 7) is 11.4.